The SMILES string of the molecule is COc1ccc(C2C(C(=O)Nc3ccccc3C)=C(C)N=c3s/c(=C/c4c(C)nn(-c5ccccc5)c4C)c(=O)n32)cc1. The Morgan fingerprint density at radius 1 is 0.953 bits per heavy atom. The molecule has 0 radical (unpaired) electrons. The predicted molar refractivity (Wildman–Crippen MR) is 170 cm³/mol. The molecule has 0 saturated heterocycles. The Bertz CT molecular complexity index is 2070. The number of aryl methyl sites for hydroxylation is 2. The molecule has 216 valence electrons. The van der Waals surface area contributed by atoms with Crippen LogP contribution in [0.1, 0.15) is 41.0 Å². The second-order valence-corrected chi connectivity index (χ2v) is 11.5. The summed E-state index contributed by atoms with van der Waals surface area (Å²) >= 11 is 1.31. The molecule has 0 fully saturated rings. The molecular weight excluding hydrogens is 558 g/mol. The summed E-state index contributed by atoms with van der Waals surface area (Å²) in [4.78, 5) is 33.4. The van der Waals surface area contributed by atoms with Gasteiger partial charge >= 0.3 is 0 Å². The maximum absolute atomic E-state index is 14.2. The van der Waals surface area contributed by atoms with Crippen LogP contribution in [0.15, 0.2) is 99.9 Å². The number of para-hydroxylation sites is 2. The molecule has 1 atom stereocenters. The van der Waals surface area contributed by atoms with E-state index in [1.165, 1.54) is 11.3 Å². The van der Waals surface area contributed by atoms with Crippen molar-refractivity contribution in [3.63, 3.8) is 0 Å². The number of methoxy groups -OCH3 is 1. The fourth-order valence-electron chi connectivity index (χ4n) is 5.43. The summed E-state index contributed by atoms with van der Waals surface area (Å²) in [7, 11) is 1.60. The van der Waals surface area contributed by atoms with Crippen molar-refractivity contribution in [1.82, 2.24) is 14.3 Å². The highest BCUT2D eigenvalue weighted by atomic mass is 32.1. The average molecular weight is 590 g/mol. The van der Waals surface area contributed by atoms with Crippen LogP contribution in [-0.2, 0) is 4.79 Å². The van der Waals surface area contributed by atoms with E-state index in [4.69, 9.17) is 14.8 Å². The molecule has 1 aliphatic heterocycles. The summed E-state index contributed by atoms with van der Waals surface area (Å²) in [6, 6.07) is 24.3. The molecule has 1 amide bonds. The lowest BCUT2D eigenvalue weighted by atomic mass is 9.95. The Balaban J connectivity index is 1.50. The van der Waals surface area contributed by atoms with E-state index >= 15 is 0 Å². The summed E-state index contributed by atoms with van der Waals surface area (Å²) < 4.78 is 9.41. The number of rotatable bonds is 6. The standard InChI is InChI=1S/C34H31N5O3S/c1-20-11-9-10-14-28(20)36-32(40)30-22(3)35-34-38(31(30)24-15-17-26(42-5)18-16-24)33(41)29(43-34)19-27-21(2)37-39(23(27)4)25-12-7-6-8-13-25/h6-19,31H,1-5H3,(H,36,40)/b29-19+. The number of benzene rings is 3. The van der Waals surface area contributed by atoms with Gasteiger partial charge in [-0.25, -0.2) is 9.67 Å². The largest absolute Gasteiger partial charge is 0.497 e. The molecule has 0 aliphatic carbocycles. The van der Waals surface area contributed by atoms with Gasteiger partial charge in [-0.15, -0.1) is 0 Å². The number of carbonyl (C=O) groups is 1. The molecule has 5 aromatic rings. The fourth-order valence-corrected chi connectivity index (χ4v) is 6.46. The monoisotopic (exact) mass is 589 g/mol. The van der Waals surface area contributed by atoms with Gasteiger partial charge in [-0.3, -0.25) is 14.2 Å². The lowest BCUT2D eigenvalue weighted by Crippen LogP contribution is -2.40. The van der Waals surface area contributed by atoms with Gasteiger partial charge in [-0.05, 0) is 75.2 Å². The number of allylic oxidation sites excluding steroid dienone is 1. The van der Waals surface area contributed by atoms with E-state index in [0.717, 1.165) is 33.8 Å². The number of amides is 1. The van der Waals surface area contributed by atoms with Crippen LogP contribution in [0.25, 0.3) is 11.8 Å². The van der Waals surface area contributed by atoms with Gasteiger partial charge in [0.25, 0.3) is 11.5 Å². The van der Waals surface area contributed by atoms with Gasteiger partial charge in [0, 0.05) is 16.9 Å². The predicted octanol–water partition coefficient (Wildman–Crippen LogP) is 4.99. The Morgan fingerprint density at radius 2 is 1.65 bits per heavy atom. The van der Waals surface area contributed by atoms with Gasteiger partial charge in [0.1, 0.15) is 5.75 Å². The number of ether oxygens (including phenoxy) is 1. The van der Waals surface area contributed by atoms with Crippen molar-refractivity contribution in [3.05, 3.63) is 138 Å². The van der Waals surface area contributed by atoms with Crippen LogP contribution in [0.5, 0.6) is 5.75 Å². The smallest absolute Gasteiger partial charge is 0.271 e. The normalized spacial score (nSPS) is 14.8. The van der Waals surface area contributed by atoms with Crippen molar-refractivity contribution in [3.8, 4) is 11.4 Å². The van der Waals surface area contributed by atoms with Crippen molar-refractivity contribution >= 4 is 29.0 Å². The molecule has 3 aromatic carbocycles. The Kier molecular flexibility index (Phi) is 7.41. The average Bonchev–Trinajstić information content (AvgIpc) is 3.48. The van der Waals surface area contributed by atoms with Crippen LogP contribution in [-0.4, -0.2) is 27.4 Å². The minimum Gasteiger partial charge on any atom is -0.497 e. The van der Waals surface area contributed by atoms with Crippen LogP contribution in [0, 0.1) is 20.8 Å². The van der Waals surface area contributed by atoms with E-state index in [9.17, 15) is 9.59 Å². The summed E-state index contributed by atoms with van der Waals surface area (Å²) in [6.45, 7) is 7.69. The third-order valence-corrected chi connectivity index (χ3v) is 8.70. The van der Waals surface area contributed by atoms with Crippen molar-refractivity contribution in [2.45, 2.75) is 33.7 Å². The molecule has 43 heavy (non-hydrogen) atoms. The summed E-state index contributed by atoms with van der Waals surface area (Å²) in [5.74, 6) is 0.380. The van der Waals surface area contributed by atoms with Gasteiger partial charge in [-0.1, -0.05) is 59.9 Å². The number of anilines is 1. The van der Waals surface area contributed by atoms with E-state index < -0.39 is 6.04 Å². The molecule has 3 heterocycles. The van der Waals surface area contributed by atoms with Crippen LogP contribution in [0.4, 0.5) is 5.69 Å². The fraction of sp³-hybridized carbons (Fsp3) is 0.176. The van der Waals surface area contributed by atoms with Crippen LogP contribution < -0.4 is 24.9 Å². The van der Waals surface area contributed by atoms with Crippen LogP contribution in [0.3, 0.4) is 0 Å². The number of nitrogens with zero attached hydrogens (tertiary/aromatic N) is 4. The van der Waals surface area contributed by atoms with Gasteiger partial charge in [0.05, 0.1) is 40.3 Å². The number of fused-ring (bicyclic) bond motifs is 1. The maximum Gasteiger partial charge on any atom is 0.271 e. The Hall–Kier alpha value is -5.02. The number of nitrogens with one attached hydrogen (secondary N) is 1. The number of thiazole rings is 1. The van der Waals surface area contributed by atoms with Crippen molar-refractivity contribution in [1.29, 1.82) is 0 Å². The van der Waals surface area contributed by atoms with E-state index in [0.29, 0.717) is 32.0 Å². The van der Waals surface area contributed by atoms with Gasteiger partial charge in [0.15, 0.2) is 4.80 Å². The molecule has 0 bridgehead atoms. The number of hydrogen-bond donors (Lipinski definition) is 1. The van der Waals surface area contributed by atoms with E-state index in [2.05, 4.69) is 5.32 Å². The molecule has 2 aromatic heterocycles. The highest BCUT2D eigenvalue weighted by molar-refractivity contribution is 7.07. The molecule has 0 spiro atoms. The minimum absolute atomic E-state index is 0.218. The molecule has 1 unspecified atom stereocenters. The van der Waals surface area contributed by atoms with E-state index in [1.54, 1.807) is 11.7 Å². The first-order chi connectivity index (χ1) is 20.8. The molecule has 0 saturated carbocycles. The lowest BCUT2D eigenvalue weighted by molar-refractivity contribution is -0.113. The first kappa shape index (κ1) is 28.1. The topological polar surface area (TPSA) is 90.5 Å². The molecule has 1 N–H and O–H groups in total. The first-order valence-corrected chi connectivity index (χ1v) is 14.7. The maximum atomic E-state index is 14.2. The molecule has 1 aliphatic rings. The zero-order valence-electron chi connectivity index (χ0n) is 24.6. The minimum atomic E-state index is -0.678. The molecule has 9 heteroatoms. The van der Waals surface area contributed by atoms with Crippen molar-refractivity contribution < 1.29 is 9.53 Å². The second kappa shape index (κ2) is 11.3. The summed E-state index contributed by atoms with van der Waals surface area (Å²) in [5.41, 5.74) is 6.75. The molecular formula is C34H31N5O3S. The summed E-state index contributed by atoms with van der Waals surface area (Å²) in [5, 5.41) is 7.80. The summed E-state index contributed by atoms with van der Waals surface area (Å²) in [6.07, 6.45) is 1.89. The third kappa shape index (κ3) is 5.12. The zero-order valence-corrected chi connectivity index (χ0v) is 25.4. The third-order valence-electron chi connectivity index (χ3n) is 7.71. The number of aromatic nitrogens is 3. The quantitative estimate of drug-likeness (QED) is 0.302. The highest BCUT2D eigenvalue weighted by Gasteiger charge is 2.33. The lowest BCUT2D eigenvalue weighted by Gasteiger charge is -2.25. The van der Waals surface area contributed by atoms with Crippen molar-refractivity contribution in [2.24, 2.45) is 4.99 Å². The first-order valence-electron chi connectivity index (χ1n) is 13.9. The van der Waals surface area contributed by atoms with Gasteiger partial charge < -0.3 is 10.1 Å². The van der Waals surface area contributed by atoms with E-state index in [-0.39, 0.29) is 11.5 Å². The van der Waals surface area contributed by atoms with Gasteiger partial charge in [0.2, 0.25) is 0 Å². The van der Waals surface area contributed by atoms with Crippen LogP contribution >= 0.6 is 11.3 Å². The zero-order chi connectivity index (χ0) is 30.2. The number of hydrogen-bond acceptors (Lipinski definition) is 6. The second-order valence-electron chi connectivity index (χ2n) is 10.5. The molecule has 8 nitrogen and oxygen atoms in total. The van der Waals surface area contributed by atoms with Crippen molar-refractivity contribution in [2.75, 3.05) is 12.4 Å². The van der Waals surface area contributed by atoms with E-state index in [1.807, 2.05) is 117 Å². The molecule has 6 rings (SSSR count). The van der Waals surface area contributed by atoms with Gasteiger partial charge in [-0.2, -0.15) is 5.10 Å². The van der Waals surface area contributed by atoms with Crippen LogP contribution in [0.2, 0.25) is 0 Å². The Labute approximate surface area is 252 Å². The Morgan fingerprint density at radius 3 is 2.35 bits per heavy atom. The number of carbonyl (C=O) groups excluding carboxylic acids is 1. The highest BCUT2D eigenvalue weighted by Crippen LogP contribution is 2.32.